The number of fused-ring (bicyclic) bond motifs is 1. The number of rotatable bonds is 5. The summed E-state index contributed by atoms with van der Waals surface area (Å²) in [6.45, 7) is 4.76. The van der Waals surface area contributed by atoms with Crippen molar-refractivity contribution >= 4 is 32.4 Å². The lowest BCUT2D eigenvalue weighted by Crippen LogP contribution is -2.40. The molecule has 1 aliphatic rings. The summed E-state index contributed by atoms with van der Waals surface area (Å²) in [7, 11) is -3.93. The Hall–Kier alpha value is -3.00. The van der Waals surface area contributed by atoms with E-state index in [1.54, 1.807) is 31.2 Å². The van der Waals surface area contributed by atoms with Gasteiger partial charge in [0.1, 0.15) is 10.7 Å². The van der Waals surface area contributed by atoms with E-state index in [2.05, 4.69) is 4.98 Å². The number of aryl methyl sites for hydroxylation is 1. The first-order chi connectivity index (χ1) is 15.3. The summed E-state index contributed by atoms with van der Waals surface area (Å²) in [4.78, 5) is 18.7. The van der Waals surface area contributed by atoms with Crippen LogP contribution in [0.15, 0.2) is 58.5 Å². The molecule has 1 aromatic heterocycles. The van der Waals surface area contributed by atoms with E-state index < -0.39 is 15.7 Å². The van der Waals surface area contributed by atoms with Gasteiger partial charge < -0.3 is 9.64 Å². The molecule has 1 fully saturated rings. The third-order valence-corrected chi connectivity index (χ3v) is 7.52. The van der Waals surface area contributed by atoms with Gasteiger partial charge in [-0.25, -0.2) is 12.8 Å². The van der Waals surface area contributed by atoms with Gasteiger partial charge in [0.25, 0.3) is 0 Å². The zero-order chi connectivity index (χ0) is 22.9. The van der Waals surface area contributed by atoms with Gasteiger partial charge >= 0.3 is 5.97 Å². The van der Waals surface area contributed by atoms with Crippen LogP contribution < -0.4 is 4.90 Å². The number of nitrogens with zero attached hydrogens (tertiary/aromatic N) is 2. The number of aromatic nitrogens is 1. The fourth-order valence-corrected chi connectivity index (χ4v) is 5.57. The molecule has 168 valence electrons. The Kier molecular flexibility index (Phi) is 6.15. The molecule has 1 saturated heterocycles. The SMILES string of the molecule is CCOC(=O)[C@@H]1CCCN(c2c(S(=O)(=O)c3ccc(C)cc3)cnc3ccc(F)cc23)C1. The zero-order valence-corrected chi connectivity index (χ0v) is 18.9. The van der Waals surface area contributed by atoms with Gasteiger partial charge in [-0.2, -0.15) is 0 Å². The molecule has 2 heterocycles. The molecule has 32 heavy (non-hydrogen) atoms. The third kappa shape index (κ3) is 4.19. The summed E-state index contributed by atoms with van der Waals surface area (Å²) >= 11 is 0. The molecule has 0 unspecified atom stereocenters. The third-order valence-electron chi connectivity index (χ3n) is 5.75. The molecule has 0 amide bonds. The Labute approximate surface area is 186 Å². The van der Waals surface area contributed by atoms with Crippen molar-refractivity contribution in [2.24, 2.45) is 5.92 Å². The van der Waals surface area contributed by atoms with E-state index >= 15 is 0 Å². The lowest BCUT2D eigenvalue weighted by Gasteiger charge is -2.35. The van der Waals surface area contributed by atoms with Crippen LogP contribution in [0.1, 0.15) is 25.3 Å². The number of hydrogen-bond donors (Lipinski definition) is 0. The first-order valence-electron chi connectivity index (χ1n) is 10.6. The Balaban J connectivity index is 1.88. The minimum atomic E-state index is -3.93. The van der Waals surface area contributed by atoms with Gasteiger partial charge in [0.15, 0.2) is 0 Å². The summed E-state index contributed by atoms with van der Waals surface area (Å²) in [6.07, 6.45) is 2.68. The van der Waals surface area contributed by atoms with Crippen LogP contribution in [0.25, 0.3) is 10.9 Å². The fourth-order valence-electron chi connectivity index (χ4n) is 4.13. The molecule has 4 rings (SSSR count). The van der Waals surface area contributed by atoms with Crippen LogP contribution in [0.3, 0.4) is 0 Å². The van der Waals surface area contributed by atoms with Gasteiger partial charge in [-0.3, -0.25) is 9.78 Å². The van der Waals surface area contributed by atoms with E-state index in [1.165, 1.54) is 24.4 Å². The van der Waals surface area contributed by atoms with E-state index in [4.69, 9.17) is 4.74 Å². The largest absolute Gasteiger partial charge is 0.466 e. The number of hydrogen-bond acceptors (Lipinski definition) is 6. The van der Waals surface area contributed by atoms with Crippen LogP contribution in [0.4, 0.5) is 10.1 Å². The first-order valence-corrected chi connectivity index (χ1v) is 12.1. The lowest BCUT2D eigenvalue weighted by molar-refractivity contribution is -0.148. The minimum absolute atomic E-state index is 0.00367. The van der Waals surface area contributed by atoms with E-state index in [-0.39, 0.29) is 28.3 Å². The number of piperidine rings is 1. The Morgan fingerprint density at radius 1 is 1.22 bits per heavy atom. The second-order valence-corrected chi connectivity index (χ2v) is 9.90. The number of sulfone groups is 1. The summed E-state index contributed by atoms with van der Waals surface area (Å²) in [5.41, 5.74) is 1.81. The maximum absolute atomic E-state index is 14.2. The summed E-state index contributed by atoms with van der Waals surface area (Å²) in [5, 5.41) is 0.405. The molecule has 0 N–H and O–H groups in total. The van der Waals surface area contributed by atoms with Crippen molar-refractivity contribution in [3.63, 3.8) is 0 Å². The van der Waals surface area contributed by atoms with Crippen LogP contribution in [0, 0.1) is 18.7 Å². The van der Waals surface area contributed by atoms with Gasteiger partial charge in [0, 0.05) is 24.7 Å². The van der Waals surface area contributed by atoms with Gasteiger partial charge in [-0.15, -0.1) is 0 Å². The van der Waals surface area contributed by atoms with Crippen LogP contribution in [-0.2, 0) is 19.4 Å². The number of anilines is 1. The van der Waals surface area contributed by atoms with E-state index in [0.717, 1.165) is 5.56 Å². The van der Waals surface area contributed by atoms with Crippen LogP contribution in [-0.4, -0.2) is 39.1 Å². The molecule has 1 aliphatic heterocycles. The highest BCUT2D eigenvalue weighted by Gasteiger charge is 2.32. The predicted octanol–water partition coefficient (Wildman–Crippen LogP) is 4.29. The van der Waals surface area contributed by atoms with Crippen molar-refractivity contribution in [1.29, 1.82) is 0 Å². The average Bonchev–Trinajstić information content (AvgIpc) is 2.78. The molecule has 2 aromatic carbocycles. The Morgan fingerprint density at radius 2 is 1.97 bits per heavy atom. The second-order valence-electron chi connectivity index (χ2n) is 7.99. The number of ether oxygens (including phenoxy) is 1. The zero-order valence-electron chi connectivity index (χ0n) is 18.0. The van der Waals surface area contributed by atoms with Crippen molar-refractivity contribution in [2.75, 3.05) is 24.6 Å². The predicted molar refractivity (Wildman–Crippen MR) is 120 cm³/mol. The highest BCUT2D eigenvalue weighted by Crippen LogP contribution is 2.38. The van der Waals surface area contributed by atoms with E-state index in [0.29, 0.717) is 42.5 Å². The Morgan fingerprint density at radius 3 is 2.69 bits per heavy atom. The van der Waals surface area contributed by atoms with Gasteiger partial charge in [0.2, 0.25) is 9.84 Å². The molecule has 0 aliphatic carbocycles. The monoisotopic (exact) mass is 456 g/mol. The molecule has 0 radical (unpaired) electrons. The second kappa shape index (κ2) is 8.86. The topological polar surface area (TPSA) is 76.6 Å². The van der Waals surface area contributed by atoms with Crippen LogP contribution in [0.2, 0.25) is 0 Å². The first kappa shape index (κ1) is 22.2. The molecule has 8 heteroatoms. The minimum Gasteiger partial charge on any atom is -0.466 e. The molecule has 0 bridgehead atoms. The van der Waals surface area contributed by atoms with Crippen molar-refractivity contribution in [3.05, 3.63) is 60.0 Å². The van der Waals surface area contributed by atoms with E-state index in [9.17, 15) is 17.6 Å². The van der Waals surface area contributed by atoms with Crippen LogP contribution >= 0.6 is 0 Å². The lowest BCUT2D eigenvalue weighted by atomic mass is 9.97. The number of carbonyl (C=O) groups is 1. The van der Waals surface area contributed by atoms with Crippen molar-refractivity contribution in [3.8, 4) is 0 Å². The molecular formula is C24H25FN2O4S. The highest BCUT2D eigenvalue weighted by atomic mass is 32.2. The molecule has 6 nitrogen and oxygen atoms in total. The number of halogens is 1. The summed E-state index contributed by atoms with van der Waals surface area (Å²) < 4.78 is 46.6. The van der Waals surface area contributed by atoms with Crippen molar-refractivity contribution in [2.45, 2.75) is 36.5 Å². The van der Waals surface area contributed by atoms with Crippen molar-refractivity contribution < 1.29 is 22.3 Å². The molecule has 0 spiro atoms. The van der Waals surface area contributed by atoms with Crippen LogP contribution in [0.5, 0.6) is 0 Å². The summed E-state index contributed by atoms with van der Waals surface area (Å²) in [5.74, 6) is -1.16. The maximum atomic E-state index is 14.2. The smallest absolute Gasteiger partial charge is 0.310 e. The molecule has 0 saturated carbocycles. The van der Waals surface area contributed by atoms with E-state index in [1.807, 2.05) is 11.8 Å². The molecule has 3 aromatic rings. The molecule has 1 atom stereocenters. The average molecular weight is 457 g/mol. The molecular weight excluding hydrogens is 431 g/mol. The number of benzene rings is 2. The van der Waals surface area contributed by atoms with Crippen molar-refractivity contribution in [1.82, 2.24) is 4.98 Å². The van der Waals surface area contributed by atoms with Gasteiger partial charge in [0.05, 0.1) is 28.6 Å². The summed E-state index contributed by atoms with van der Waals surface area (Å²) in [6, 6.07) is 10.7. The Bertz CT molecular complexity index is 1260. The quantitative estimate of drug-likeness (QED) is 0.533. The number of esters is 1. The number of carbonyl (C=O) groups excluding carboxylic acids is 1. The highest BCUT2D eigenvalue weighted by molar-refractivity contribution is 7.91. The normalized spacial score (nSPS) is 16.8. The van der Waals surface area contributed by atoms with Gasteiger partial charge in [-0.05, 0) is 57.0 Å². The fraction of sp³-hybridized carbons (Fsp3) is 0.333. The maximum Gasteiger partial charge on any atom is 0.310 e. The standard InChI is InChI=1S/C24H25FN2O4S/c1-3-31-24(28)17-5-4-12-27(15-17)23-20-13-18(25)8-11-21(20)26-14-22(23)32(29,30)19-9-6-16(2)7-10-19/h6-11,13-14,17H,3-5,12,15H2,1-2H3/t17-/m1/s1. The van der Waals surface area contributed by atoms with Gasteiger partial charge in [-0.1, -0.05) is 17.7 Å². The number of pyridine rings is 1.